The van der Waals surface area contributed by atoms with Crippen molar-refractivity contribution in [3.05, 3.63) is 100 Å². The predicted octanol–water partition coefficient (Wildman–Crippen LogP) is 8.19. The second kappa shape index (κ2) is 14.5. The van der Waals surface area contributed by atoms with Gasteiger partial charge in [0, 0.05) is 54.1 Å². The van der Waals surface area contributed by atoms with Crippen LogP contribution in [0.5, 0.6) is 0 Å². The Kier molecular flexibility index (Phi) is 11.1. The summed E-state index contributed by atoms with van der Waals surface area (Å²) in [6.07, 6.45) is -1.21. The van der Waals surface area contributed by atoms with Crippen LogP contribution in [0.4, 0.5) is 30.5 Å². The zero-order chi connectivity index (χ0) is 32.6. The third kappa shape index (κ3) is 7.34. The van der Waals surface area contributed by atoms with Crippen LogP contribution in [0.25, 0.3) is 22.0 Å². The van der Waals surface area contributed by atoms with E-state index in [2.05, 4.69) is 20.7 Å². The molecule has 0 aliphatic carbocycles. The van der Waals surface area contributed by atoms with Gasteiger partial charge in [0.25, 0.3) is 11.5 Å². The molecular weight excluding hydrogens is 569 g/mol. The van der Waals surface area contributed by atoms with Crippen molar-refractivity contribution >= 4 is 34.1 Å². The molecular formula is C33H37F3N6O2. The minimum Gasteiger partial charge on any atom is -0.325 e. The van der Waals surface area contributed by atoms with Crippen LogP contribution in [0, 0.1) is 6.92 Å². The van der Waals surface area contributed by atoms with Crippen LogP contribution in [-0.4, -0.2) is 25.2 Å². The Hall–Kier alpha value is -4.93. The minimum atomic E-state index is -4.56. The van der Waals surface area contributed by atoms with Crippen LogP contribution < -0.4 is 16.2 Å². The molecule has 0 saturated carbocycles. The maximum absolute atomic E-state index is 13.5. The van der Waals surface area contributed by atoms with Crippen molar-refractivity contribution in [2.45, 2.75) is 54.3 Å². The second-order valence-corrected chi connectivity index (χ2v) is 9.27. The summed E-state index contributed by atoms with van der Waals surface area (Å²) in [4.78, 5) is 30.7. The Labute approximate surface area is 254 Å². The lowest BCUT2D eigenvalue weighted by molar-refractivity contribution is -0.137. The molecule has 44 heavy (non-hydrogen) atoms. The SMILES string of the molecule is CC.CC.CCn1nccc1Nc1cc2c(cn1)cc(-c1cc(NC(=O)c3cccc(C(F)(F)F)c3)ccc1C)c(=O)n2C. The number of benzene rings is 2. The molecule has 5 aromatic rings. The van der Waals surface area contributed by atoms with Gasteiger partial charge in [0.2, 0.25) is 0 Å². The topological polar surface area (TPSA) is 93.8 Å². The number of rotatable bonds is 6. The Morgan fingerprint density at radius 2 is 1.68 bits per heavy atom. The summed E-state index contributed by atoms with van der Waals surface area (Å²) in [7, 11) is 1.67. The maximum atomic E-state index is 13.5. The molecule has 0 bridgehead atoms. The molecule has 0 aliphatic rings. The maximum Gasteiger partial charge on any atom is 0.416 e. The van der Waals surface area contributed by atoms with E-state index in [1.54, 1.807) is 54.5 Å². The first-order valence-electron chi connectivity index (χ1n) is 14.4. The zero-order valence-electron chi connectivity index (χ0n) is 25.9. The highest BCUT2D eigenvalue weighted by Gasteiger charge is 2.31. The van der Waals surface area contributed by atoms with Gasteiger partial charge in [-0.25, -0.2) is 9.67 Å². The number of nitrogens with zero attached hydrogens (tertiary/aromatic N) is 4. The number of hydrogen-bond acceptors (Lipinski definition) is 5. The molecule has 1 amide bonds. The summed E-state index contributed by atoms with van der Waals surface area (Å²) < 4.78 is 42.6. The van der Waals surface area contributed by atoms with Gasteiger partial charge in [0.05, 0.1) is 17.3 Å². The Balaban J connectivity index is 0.00000127. The fourth-order valence-electron chi connectivity index (χ4n) is 4.48. The van der Waals surface area contributed by atoms with E-state index in [0.717, 1.165) is 28.9 Å². The lowest BCUT2D eigenvalue weighted by Crippen LogP contribution is -2.20. The first kappa shape index (κ1) is 33.6. The molecule has 0 unspecified atom stereocenters. The fraction of sp³-hybridized carbons (Fsp3) is 0.273. The lowest BCUT2D eigenvalue weighted by atomic mass is 9.99. The van der Waals surface area contributed by atoms with Crippen LogP contribution in [-0.2, 0) is 19.8 Å². The average molecular weight is 607 g/mol. The highest BCUT2D eigenvalue weighted by molar-refractivity contribution is 6.04. The fourth-order valence-corrected chi connectivity index (χ4v) is 4.48. The van der Waals surface area contributed by atoms with E-state index in [1.165, 1.54) is 16.7 Å². The number of hydrogen-bond donors (Lipinski definition) is 2. The van der Waals surface area contributed by atoms with Gasteiger partial charge in [-0.3, -0.25) is 9.59 Å². The molecule has 5 rings (SSSR count). The molecule has 0 fully saturated rings. The van der Waals surface area contributed by atoms with E-state index < -0.39 is 17.6 Å². The molecule has 0 radical (unpaired) electrons. The van der Waals surface area contributed by atoms with E-state index in [0.29, 0.717) is 34.7 Å². The normalized spacial score (nSPS) is 10.8. The summed E-state index contributed by atoms with van der Waals surface area (Å²) in [6, 6.07) is 14.6. The van der Waals surface area contributed by atoms with Gasteiger partial charge in [-0.15, -0.1) is 0 Å². The zero-order valence-corrected chi connectivity index (χ0v) is 25.9. The van der Waals surface area contributed by atoms with Crippen LogP contribution in [0.2, 0.25) is 0 Å². The number of amides is 1. The number of aryl methyl sites for hydroxylation is 3. The molecule has 0 saturated heterocycles. The van der Waals surface area contributed by atoms with Gasteiger partial charge in [0.15, 0.2) is 0 Å². The molecule has 0 aliphatic heterocycles. The molecule has 3 aromatic heterocycles. The minimum absolute atomic E-state index is 0.129. The van der Waals surface area contributed by atoms with Crippen LogP contribution in [0.1, 0.15) is 56.1 Å². The molecule has 8 nitrogen and oxygen atoms in total. The number of carbonyl (C=O) groups is 1. The highest BCUT2D eigenvalue weighted by Crippen LogP contribution is 2.31. The molecule has 2 N–H and O–H groups in total. The molecule has 2 aromatic carbocycles. The average Bonchev–Trinajstić information content (AvgIpc) is 3.49. The molecule has 0 spiro atoms. The summed E-state index contributed by atoms with van der Waals surface area (Å²) in [5.41, 5.74) is 1.48. The largest absolute Gasteiger partial charge is 0.416 e. The number of alkyl halides is 3. The molecule has 11 heteroatoms. The van der Waals surface area contributed by atoms with Crippen molar-refractivity contribution < 1.29 is 18.0 Å². The summed E-state index contributed by atoms with van der Waals surface area (Å²) >= 11 is 0. The number of nitrogens with one attached hydrogen (secondary N) is 2. The van der Waals surface area contributed by atoms with Crippen LogP contribution >= 0.6 is 0 Å². The highest BCUT2D eigenvalue weighted by atomic mass is 19.4. The van der Waals surface area contributed by atoms with Crippen molar-refractivity contribution in [3.63, 3.8) is 0 Å². The number of fused-ring (bicyclic) bond motifs is 1. The Morgan fingerprint density at radius 3 is 2.36 bits per heavy atom. The van der Waals surface area contributed by atoms with E-state index >= 15 is 0 Å². The summed E-state index contributed by atoms with van der Waals surface area (Å²) in [5.74, 6) is 0.637. The Morgan fingerprint density at radius 1 is 0.955 bits per heavy atom. The number of carbonyl (C=O) groups excluding carboxylic acids is 1. The number of halogens is 3. The smallest absolute Gasteiger partial charge is 0.325 e. The molecule has 232 valence electrons. The van der Waals surface area contributed by atoms with Crippen molar-refractivity contribution in [2.24, 2.45) is 7.05 Å². The van der Waals surface area contributed by atoms with Gasteiger partial charge >= 0.3 is 6.18 Å². The lowest BCUT2D eigenvalue weighted by Gasteiger charge is -2.14. The van der Waals surface area contributed by atoms with E-state index in [1.807, 2.05) is 47.6 Å². The van der Waals surface area contributed by atoms with Gasteiger partial charge < -0.3 is 15.2 Å². The molecule has 3 heterocycles. The third-order valence-corrected chi connectivity index (χ3v) is 6.62. The number of pyridine rings is 2. The molecule has 0 atom stereocenters. The van der Waals surface area contributed by atoms with E-state index in [9.17, 15) is 22.8 Å². The van der Waals surface area contributed by atoms with Gasteiger partial charge in [-0.1, -0.05) is 39.8 Å². The van der Waals surface area contributed by atoms with Crippen molar-refractivity contribution in [3.8, 4) is 11.1 Å². The van der Waals surface area contributed by atoms with Crippen LogP contribution in [0.3, 0.4) is 0 Å². The monoisotopic (exact) mass is 606 g/mol. The number of aromatic nitrogens is 4. The first-order chi connectivity index (χ1) is 21.0. The van der Waals surface area contributed by atoms with E-state index in [4.69, 9.17) is 0 Å². The van der Waals surface area contributed by atoms with Crippen LogP contribution in [0.15, 0.2) is 77.9 Å². The summed E-state index contributed by atoms with van der Waals surface area (Å²) in [6.45, 7) is 12.5. The van der Waals surface area contributed by atoms with Gasteiger partial charge in [0.1, 0.15) is 11.6 Å². The second-order valence-electron chi connectivity index (χ2n) is 9.27. The quantitative estimate of drug-likeness (QED) is 0.203. The first-order valence-corrected chi connectivity index (χ1v) is 14.4. The van der Waals surface area contributed by atoms with Gasteiger partial charge in [-0.2, -0.15) is 18.3 Å². The third-order valence-electron chi connectivity index (χ3n) is 6.62. The Bertz CT molecular complexity index is 1810. The predicted molar refractivity (Wildman–Crippen MR) is 170 cm³/mol. The number of anilines is 3. The van der Waals surface area contributed by atoms with Crippen molar-refractivity contribution in [1.82, 2.24) is 19.3 Å². The van der Waals surface area contributed by atoms with Gasteiger partial charge in [-0.05, 0) is 61.4 Å². The van der Waals surface area contributed by atoms with Crippen molar-refractivity contribution in [2.75, 3.05) is 10.6 Å². The summed E-state index contributed by atoms with van der Waals surface area (Å²) in [5, 5.41) is 10.8. The standard InChI is InChI=1S/C29H25F3N6O2.2C2H6/c1-4-38-26(10-11-34-38)36-25-15-24-19(16-33-25)13-23(28(40)37(24)3)22-14-21(9-8-17(22)2)35-27(39)18-6-5-7-20(12-18)29(30,31)32;2*1-2/h5-16H,4H2,1-3H3,(H,33,36)(H,35,39);2*1-2H3. The van der Waals surface area contributed by atoms with E-state index in [-0.39, 0.29) is 11.1 Å². The van der Waals surface area contributed by atoms with Crippen molar-refractivity contribution in [1.29, 1.82) is 0 Å².